The molecule has 160 valence electrons. The maximum atomic E-state index is 13.3. The van der Waals surface area contributed by atoms with E-state index in [2.05, 4.69) is 15.3 Å². The number of aromatic nitrogens is 3. The molecule has 3 aromatic rings. The zero-order valence-electron chi connectivity index (χ0n) is 18.3. The van der Waals surface area contributed by atoms with Gasteiger partial charge in [0.25, 0.3) is 11.5 Å². The van der Waals surface area contributed by atoms with Gasteiger partial charge >= 0.3 is 0 Å². The average molecular weight is 418 g/mol. The Hall–Kier alpha value is -3.48. The number of rotatable bonds is 4. The number of carbonyl (C=O) groups excluding carboxylic acids is 1. The van der Waals surface area contributed by atoms with Crippen LogP contribution in [0.1, 0.15) is 51.8 Å². The van der Waals surface area contributed by atoms with Crippen molar-refractivity contribution in [1.82, 2.24) is 19.4 Å². The van der Waals surface area contributed by atoms with E-state index >= 15 is 0 Å². The smallest absolute Gasteiger partial charge is 0.263 e. The summed E-state index contributed by atoms with van der Waals surface area (Å²) >= 11 is 0. The molecule has 1 amide bonds. The number of aryl methyl sites for hydroxylation is 3. The predicted octanol–water partition coefficient (Wildman–Crippen LogP) is 3.82. The van der Waals surface area contributed by atoms with Crippen molar-refractivity contribution in [2.45, 2.75) is 39.7 Å². The van der Waals surface area contributed by atoms with Crippen LogP contribution in [0.25, 0.3) is 0 Å². The van der Waals surface area contributed by atoms with Crippen molar-refractivity contribution < 1.29 is 4.79 Å². The summed E-state index contributed by atoms with van der Waals surface area (Å²) < 4.78 is 1.53. The lowest BCUT2D eigenvalue weighted by Gasteiger charge is -2.25. The number of hydrogen-bond acceptors (Lipinski definition) is 5. The van der Waals surface area contributed by atoms with Crippen LogP contribution >= 0.6 is 0 Å². The highest BCUT2D eigenvalue weighted by molar-refractivity contribution is 5.95. The Balaban J connectivity index is 1.58. The van der Waals surface area contributed by atoms with Crippen molar-refractivity contribution in [2.24, 2.45) is 7.05 Å². The van der Waals surface area contributed by atoms with Gasteiger partial charge in [-0.15, -0.1) is 0 Å². The lowest BCUT2D eigenvalue weighted by atomic mass is 10.1. The maximum Gasteiger partial charge on any atom is 0.263 e. The summed E-state index contributed by atoms with van der Waals surface area (Å²) in [5.41, 5.74) is 4.28. The molecular weight excluding hydrogens is 390 g/mol. The van der Waals surface area contributed by atoms with Gasteiger partial charge in [0.05, 0.1) is 23.6 Å². The second kappa shape index (κ2) is 8.34. The second-order valence-electron chi connectivity index (χ2n) is 8.13. The van der Waals surface area contributed by atoms with Gasteiger partial charge < -0.3 is 14.8 Å². The lowest BCUT2D eigenvalue weighted by Crippen LogP contribution is -2.37. The second-order valence-corrected chi connectivity index (χ2v) is 8.13. The van der Waals surface area contributed by atoms with Gasteiger partial charge in [-0.2, -0.15) is 0 Å². The van der Waals surface area contributed by atoms with Crippen molar-refractivity contribution in [3.05, 3.63) is 81.2 Å². The monoisotopic (exact) mass is 417 g/mol. The van der Waals surface area contributed by atoms with Gasteiger partial charge in [-0.1, -0.05) is 6.07 Å². The van der Waals surface area contributed by atoms with E-state index in [1.807, 2.05) is 51.1 Å². The molecule has 31 heavy (non-hydrogen) atoms. The van der Waals surface area contributed by atoms with Gasteiger partial charge in [0, 0.05) is 25.5 Å². The molecular formula is C24H27N5O2. The van der Waals surface area contributed by atoms with Gasteiger partial charge in [0.2, 0.25) is 0 Å². The molecule has 4 heterocycles. The Morgan fingerprint density at radius 3 is 2.65 bits per heavy atom. The van der Waals surface area contributed by atoms with E-state index in [-0.39, 0.29) is 23.1 Å². The van der Waals surface area contributed by atoms with E-state index in [1.165, 1.54) is 4.57 Å². The van der Waals surface area contributed by atoms with Crippen molar-refractivity contribution in [3.63, 3.8) is 0 Å². The maximum absolute atomic E-state index is 13.3. The predicted molar refractivity (Wildman–Crippen MR) is 121 cm³/mol. The number of nitrogens with one attached hydrogen (secondary N) is 1. The summed E-state index contributed by atoms with van der Waals surface area (Å²) in [6, 6.07) is 9.54. The number of anilines is 2. The first-order valence-corrected chi connectivity index (χ1v) is 10.5. The highest BCUT2D eigenvalue weighted by Gasteiger charge is 2.33. The van der Waals surface area contributed by atoms with Crippen LogP contribution in [0.4, 0.5) is 11.5 Å². The Kier molecular flexibility index (Phi) is 5.59. The van der Waals surface area contributed by atoms with E-state index in [0.717, 1.165) is 46.9 Å². The molecule has 0 aliphatic carbocycles. The summed E-state index contributed by atoms with van der Waals surface area (Å²) in [7, 11) is 1.70. The molecule has 1 saturated heterocycles. The van der Waals surface area contributed by atoms with Crippen molar-refractivity contribution in [2.75, 3.05) is 11.9 Å². The van der Waals surface area contributed by atoms with Crippen LogP contribution in [0, 0.1) is 20.8 Å². The molecule has 0 bridgehead atoms. The van der Waals surface area contributed by atoms with Crippen molar-refractivity contribution in [1.29, 1.82) is 0 Å². The Morgan fingerprint density at radius 1 is 1.13 bits per heavy atom. The number of amides is 1. The standard InChI is InChI=1S/C24H27N5O2/c1-15-7-5-11-25-22(15)27-18-9-10-19(26-14-18)20-8-6-12-29(20)24(31)21-16(2)13-17(3)28(4)23(21)30/h5,7,9-11,13-14,20H,6,8,12H2,1-4H3,(H,25,27)/t20-/m0/s1. The van der Waals surface area contributed by atoms with Gasteiger partial charge in [-0.05, 0) is 69.0 Å². The summed E-state index contributed by atoms with van der Waals surface area (Å²) in [4.78, 5) is 36.9. The normalized spacial score (nSPS) is 15.9. The molecule has 0 unspecified atom stereocenters. The van der Waals surface area contributed by atoms with Crippen LogP contribution in [0.3, 0.4) is 0 Å². The molecule has 0 radical (unpaired) electrons. The van der Waals surface area contributed by atoms with Gasteiger partial charge in [0.15, 0.2) is 0 Å². The topological polar surface area (TPSA) is 80.1 Å². The SMILES string of the molecule is Cc1cccnc1Nc1ccc([C@@H]2CCCN2C(=O)c2c(C)cc(C)n(C)c2=O)nc1. The Labute approximate surface area is 181 Å². The molecule has 7 nitrogen and oxygen atoms in total. The van der Waals surface area contributed by atoms with Crippen LogP contribution in [0.2, 0.25) is 0 Å². The zero-order valence-corrected chi connectivity index (χ0v) is 18.3. The van der Waals surface area contributed by atoms with E-state index in [9.17, 15) is 9.59 Å². The van der Waals surface area contributed by atoms with Crippen LogP contribution in [-0.2, 0) is 7.05 Å². The zero-order chi connectivity index (χ0) is 22.1. The third kappa shape index (κ3) is 3.95. The van der Waals surface area contributed by atoms with Gasteiger partial charge in [0.1, 0.15) is 11.4 Å². The Bertz CT molecular complexity index is 1180. The van der Waals surface area contributed by atoms with Crippen molar-refractivity contribution in [3.8, 4) is 0 Å². The fourth-order valence-electron chi connectivity index (χ4n) is 4.13. The first-order chi connectivity index (χ1) is 14.9. The first kappa shape index (κ1) is 20.8. The number of carbonyl (C=O) groups is 1. The van der Waals surface area contributed by atoms with Crippen LogP contribution in [0.5, 0.6) is 0 Å². The number of nitrogens with zero attached hydrogens (tertiary/aromatic N) is 4. The average Bonchev–Trinajstić information content (AvgIpc) is 3.24. The fourth-order valence-corrected chi connectivity index (χ4v) is 4.13. The largest absolute Gasteiger partial charge is 0.339 e. The summed E-state index contributed by atoms with van der Waals surface area (Å²) in [6.07, 6.45) is 5.23. The van der Waals surface area contributed by atoms with E-state index in [4.69, 9.17) is 0 Å². The molecule has 1 atom stereocenters. The minimum Gasteiger partial charge on any atom is -0.339 e. The third-order valence-corrected chi connectivity index (χ3v) is 5.99. The van der Waals surface area contributed by atoms with Crippen LogP contribution < -0.4 is 10.9 Å². The fraction of sp³-hybridized carbons (Fsp3) is 0.333. The highest BCUT2D eigenvalue weighted by atomic mass is 16.2. The van der Waals surface area contributed by atoms with Gasteiger partial charge in [-0.25, -0.2) is 4.98 Å². The molecule has 1 aliphatic heterocycles. The molecule has 1 N–H and O–H groups in total. The summed E-state index contributed by atoms with van der Waals surface area (Å²) in [5, 5.41) is 3.28. The highest BCUT2D eigenvalue weighted by Crippen LogP contribution is 2.32. The van der Waals surface area contributed by atoms with Crippen LogP contribution in [0.15, 0.2) is 47.5 Å². The van der Waals surface area contributed by atoms with Gasteiger partial charge in [-0.3, -0.25) is 14.6 Å². The molecule has 3 aromatic heterocycles. The van der Waals surface area contributed by atoms with Crippen molar-refractivity contribution >= 4 is 17.4 Å². The van der Waals surface area contributed by atoms with Crippen LogP contribution in [-0.4, -0.2) is 31.9 Å². The third-order valence-electron chi connectivity index (χ3n) is 5.99. The molecule has 0 spiro atoms. The number of pyridine rings is 3. The first-order valence-electron chi connectivity index (χ1n) is 10.5. The summed E-state index contributed by atoms with van der Waals surface area (Å²) in [6.45, 7) is 6.31. The molecule has 0 saturated carbocycles. The lowest BCUT2D eigenvalue weighted by molar-refractivity contribution is 0.0729. The van der Waals surface area contributed by atoms with E-state index in [1.54, 1.807) is 24.3 Å². The molecule has 1 fully saturated rings. The van der Waals surface area contributed by atoms with E-state index in [0.29, 0.717) is 6.54 Å². The quantitative estimate of drug-likeness (QED) is 0.698. The molecule has 4 rings (SSSR count). The summed E-state index contributed by atoms with van der Waals surface area (Å²) in [5.74, 6) is 0.578. The van der Waals surface area contributed by atoms with E-state index < -0.39 is 0 Å². The molecule has 0 aromatic carbocycles. The molecule has 1 aliphatic rings. The minimum atomic E-state index is -0.244. The number of likely N-dealkylation sites (tertiary alicyclic amines) is 1. The Morgan fingerprint density at radius 2 is 1.94 bits per heavy atom. The minimum absolute atomic E-state index is 0.136. The molecule has 7 heteroatoms. The number of hydrogen-bond donors (Lipinski definition) is 1.